The van der Waals surface area contributed by atoms with E-state index in [0.717, 1.165) is 13.0 Å². The van der Waals surface area contributed by atoms with E-state index in [2.05, 4.69) is 10.2 Å². The Bertz CT molecular complexity index is 473. The van der Waals surface area contributed by atoms with Gasteiger partial charge < -0.3 is 14.4 Å². The molecule has 1 aliphatic carbocycles. The van der Waals surface area contributed by atoms with E-state index in [1.54, 1.807) is 19.2 Å². The summed E-state index contributed by atoms with van der Waals surface area (Å²) in [6, 6.07) is 3.45. The van der Waals surface area contributed by atoms with Crippen LogP contribution in [0.3, 0.4) is 0 Å². The van der Waals surface area contributed by atoms with Crippen LogP contribution >= 0.6 is 0 Å². The SMILES string of the molecule is COc1ccc(OC2CCN(C(=O)CC3CC3)C2)nn1. The molecule has 1 aliphatic heterocycles. The molecule has 6 heteroatoms. The van der Waals surface area contributed by atoms with Crippen LogP contribution in [-0.2, 0) is 4.79 Å². The van der Waals surface area contributed by atoms with Gasteiger partial charge in [-0.1, -0.05) is 0 Å². The number of nitrogens with zero attached hydrogens (tertiary/aromatic N) is 3. The first kappa shape index (κ1) is 13.1. The maximum absolute atomic E-state index is 12.0. The minimum atomic E-state index is 0.0147. The van der Waals surface area contributed by atoms with Crippen LogP contribution in [0, 0.1) is 5.92 Å². The molecule has 1 unspecified atom stereocenters. The quantitative estimate of drug-likeness (QED) is 0.811. The molecule has 2 fully saturated rings. The molecule has 0 aromatic carbocycles. The van der Waals surface area contributed by atoms with Crippen molar-refractivity contribution in [1.82, 2.24) is 15.1 Å². The zero-order valence-electron chi connectivity index (χ0n) is 11.6. The molecule has 1 saturated carbocycles. The van der Waals surface area contributed by atoms with Gasteiger partial charge in [-0.2, -0.15) is 0 Å². The van der Waals surface area contributed by atoms with Crippen LogP contribution in [0.25, 0.3) is 0 Å². The first-order valence-electron chi connectivity index (χ1n) is 7.07. The summed E-state index contributed by atoms with van der Waals surface area (Å²) in [5.41, 5.74) is 0. The second kappa shape index (κ2) is 5.64. The summed E-state index contributed by atoms with van der Waals surface area (Å²) in [6.07, 6.45) is 3.99. The van der Waals surface area contributed by atoms with Crippen molar-refractivity contribution in [3.63, 3.8) is 0 Å². The Labute approximate surface area is 118 Å². The van der Waals surface area contributed by atoms with E-state index in [-0.39, 0.29) is 12.0 Å². The fraction of sp³-hybridized carbons (Fsp3) is 0.643. The molecule has 0 bridgehead atoms. The fourth-order valence-corrected chi connectivity index (χ4v) is 2.40. The van der Waals surface area contributed by atoms with Crippen LogP contribution in [0.15, 0.2) is 12.1 Å². The van der Waals surface area contributed by atoms with Gasteiger partial charge in [0.15, 0.2) is 0 Å². The lowest BCUT2D eigenvalue weighted by molar-refractivity contribution is -0.130. The van der Waals surface area contributed by atoms with Crippen molar-refractivity contribution in [2.75, 3.05) is 20.2 Å². The summed E-state index contributed by atoms with van der Waals surface area (Å²) in [6.45, 7) is 1.43. The molecule has 1 amide bonds. The van der Waals surface area contributed by atoms with Crippen molar-refractivity contribution in [3.8, 4) is 11.8 Å². The normalized spacial score (nSPS) is 21.9. The first-order valence-corrected chi connectivity index (χ1v) is 7.07. The molecule has 2 heterocycles. The van der Waals surface area contributed by atoms with Gasteiger partial charge in [-0.3, -0.25) is 4.79 Å². The smallest absolute Gasteiger partial charge is 0.233 e. The second-order valence-corrected chi connectivity index (χ2v) is 5.43. The number of amides is 1. The highest BCUT2D eigenvalue weighted by molar-refractivity contribution is 5.77. The van der Waals surface area contributed by atoms with Crippen molar-refractivity contribution in [3.05, 3.63) is 12.1 Å². The van der Waals surface area contributed by atoms with Gasteiger partial charge in [0.25, 0.3) is 0 Å². The number of hydrogen-bond acceptors (Lipinski definition) is 5. The Morgan fingerprint density at radius 3 is 2.70 bits per heavy atom. The second-order valence-electron chi connectivity index (χ2n) is 5.43. The molecule has 1 aromatic rings. The monoisotopic (exact) mass is 277 g/mol. The Balaban J connectivity index is 1.50. The van der Waals surface area contributed by atoms with Crippen LogP contribution in [0.5, 0.6) is 11.8 Å². The average Bonchev–Trinajstić information content (AvgIpc) is 3.15. The lowest BCUT2D eigenvalue weighted by atomic mass is 10.2. The van der Waals surface area contributed by atoms with E-state index < -0.39 is 0 Å². The zero-order valence-corrected chi connectivity index (χ0v) is 11.6. The van der Waals surface area contributed by atoms with E-state index in [0.29, 0.717) is 30.6 Å². The van der Waals surface area contributed by atoms with E-state index in [4.69, 9.17) is 9.47 Å². The van der Waals surface area contributed by atoms with Crippen LogP contribution in [0.1, 0.15) is 25.7 Å². The topological polar surface area (TPSA) is 64.6 Å². The molecule has 0 radical (unpaired) electrons. The fourth-order valence-electron chi connectivity index (χ4n) is 2.40. The van der Waals surface area contributed by atoms with Crippen molar-refractivity contribution in [2.24, 2.45) is 5.92 Å². The van der Waals surface area contributed by atoms with Gasteiger partial charge in [0, 0.05) is 31.5 Å². The molecule has 6 nitrogen and oxygen atoms in total. The summed E-state index contributed by atoms with van der Waals surface area (Å²) < 4.78 is 10.7. The van der Waals surface area contributed by atoms with Crippen molar-refractivity contribution >= 4 is 5.91 Å². The van der Waals surface area contributed by atoms with Crippen molar-refractivity contribution in [1.29, 1.82) is 0 Å². The predicted octanol–water partition coefficient (Wildman–Crippen LogP) is 1.26. The van der Waals surface area contributed by atoms with Gasteiger partial charge in [0.1, 0.15) is 6.10 Å². The molecular formula is C14H19N3O3. The Kier molecular flexibility index (Phi) is 3.71. The molecule has 0 N–H and O–H groups in total. The van der Waals surface area contributed by atoms with Gasteiger partial charge in [-0.05, 0) is 18.8 Å². The number of aromatic nitrogens is 2. The maximum atomic E-state index is 12.0. The molecule has 3 rings (SSSR count). The summed E-state index contributed by atoms with van der Waals surface area (Å²) >= 11 is 0. The van der Waals surface area contributed by atoms with Gasteiger partial charge >= 0.3 is 0 Å². The molecule has 108 valence electrons. The molecule has 1 saturated heterocycles. The Morgan fingerprint density at radius 1 is 1.30 bits per heavy atom. The zero-order chi connectivity index (χ0) is 13.9. The molecular weight excluding hydrogens is 258 g/mol. The van der Waals surface area contributed by atoms with E-state index in [1.165, 1.54) is 12.8 Å². The lowest BCUT2D eigenvalue weighted by Crippen LogP contribution is -2.31. The minimum Gasteiger partial charge on any atom is -0.480 e. The van der Waals surface area contributed by atoms with Gasteiger partial charge in [-0.25, -0.2) is 0 Å². The lowest BCUT2D eigenvalue weighted by Gasteiger charge is -2.16. The first-order chi connectivity index (χ1) is 9.74. The van der Waals surface area contributed by atoms with Gasteiger partial charge in [0.05, 0.1) is 13.7 Å². The largest absolute Gasteiger partial charge is 0.480 e. The Hall–Kier alpha value is -1.85. The van der Waals surface area contributed by atoms with Gasteiger partial charge in [0.2, 0.25) is 17.7 Å². The van der Waals surface area contributed by atoms with E-state index in [9.17, 15) is 4.79 Å². The molecule has 0 spiro atoms. The average molecular weight is 277 g/mol. The third-order valence-electron chi connectivity index (χ3n) is 3.77. The highest BCUT2D eigenvalue weighted by atomic mass is 16.5. The highest BCUT2D eigenvalue weighted by Crippen LogP contribution is 2.33. The van der Waals surface area contributed by atoms with Crippen molar-refractivity contribution in [2.45, 2.75) is 31.8 Å². The van der Waals surface area contributed by atoms with Crippen LogP contribution in [0.4, 0.5) is 0 Å². The van der Waals surface area contributed by atoms with Crippen LogP contribution in [-0.4, -0.2) is 47.3 Å². The van der Waals surface area contributed by atoms with Crippen LogP contribution in [0.2, 0.25) is 0 Å². The third kappa shape index (κ3) is 3.18. The third-order valence-corrected chi connectivity index (χ3v) is 3.77. The molecule has 1 atom stereocenters. The van der Waals surface area contributed by atoms with Crippen molar-refractivity contribution < 1.29 is 14.3 Å². The van der Waals surface area contributed by atoms with Gasteiger partial charge in [-0.15, -0.1) is 10.2 Å². The maximum Gasteiger partial charge on any atom is 0.233 e. The standard InChI is InChI=1S/C14H19N3O3/c1-19-12-4-5-13(16-15-12)20-11-6-7-17(9-11)14(18)8-10-2-3-10/h4-5,10-11H,2-3,6-9H2,1H3. The predicted molar refractivity (Wildman–Crippen MR) is 71.5 cm³/mol. The van der Waals surface area contributed by atoms with Crippen LogP contribution < -0.4 is 9.47 Å². The molecule has 1 aromatic heterocycles. The number of hydrogen-bond donors (Lipinski definition) is 0. The number of likely N-dealkylation sites (tertiary alicyclic amines) is 1. The van der Waals surface area contributed by atoms with E-state index in [1.807, 2.05) is 4.90 Å². The minimum absolute atomic E-state index is 0.0147. The number of methoxy groups -OCH3 is 1. The number of ether oxygens (including phenoxy) is 2. The number of carbonyl (C=O) groups is 1. The summed E-state index contributed by atoms with van der Waals surface area (Å²) in [5, 5.41) is 7.80. The van der Waals surface area contributed by atoms with E-state index >= 15 is 0 Å². The number of carbonyl (C=O) groups excluding carboxylic acids is 1. The Morgan fingerprint density at radius 2 is 2.05 bits per heavy atom. The summed E-state index contributed by atoms with van der Waals surface area (Å²) in [5.74, 6) is 1.84. The highest BCUT2D eigenvalue weighted by Gasteiger charge is 2.31. The summed E-state index contributed by atoms with van der Waals surface area (Å²) in [4.78, 5) is 13.9. The summed E-state index contributed by atoms with van der Waals surface area (Å²) in [7, 11) is 1.55. The molecule has 20 heavy (non-hydrogen) atoms. The molecule has 2 aliphatic rings. The number of rotatable bonds is 5.